The van der Waals surface area contributed by atoms with Gasteiger partial charge >= 0.3 is 0 Å². The summed E-state index contributed by atoms with van der Waals surface area (Å²) < 4.78 is 1.83. The lowest BCUT2D eigenvalue weighted by Gasteiger charge is -2.13. The Bertz CT molecular complexity index is 616. The molecule has 1 unspecified atom stereocenters. The Kier molecular flexibility index (Phi) is 4.78. The van der Waals surface area contributed by atoms with Gasteiger partial charge in [0.15, 0.2) is 0 Å². The van der Waals surface area contributed by atoms with Gasteiger partial charge in [0.2, 0.25) is 0 Å². The highest BCUT2D eigenvalue weighted by atomic mass is 16.1. The van der Waals surface area contributed by atoms with E-state index >= 15 is 0 Å². The van der Waals surface area contributed by atoms with Crippen molar-refractivity contribution in [3.05, 3.63) is 47.3 Å². The molecule has 1 aromatic heterocycles. The molecule has 2 rings (SSSR count). The van der Waals surface area contributed by atoms with Crippen LogP contribution in [-0.4, -0.2) is 21.7 Å². The van der Waals surface area contributed by atoms with Crippen LogP contribution < -0.4 is 5.32 Å². The van der Waals surface area contributed by atoms with Crippen LogP contribution >= 0.6 is 0 Å². The van der Waals surface area contributed by atoms with Crippen molar-refractivity contribution in [3.8, 4) is 5.69 Å². The molecule has 1 amide bonds. The zero-order chi connectivity index (χ0) is 15.4. The van der Waals surface area contributed by atoms with Crippen LogP contribution in [0.1, 0.15) is 48.4 Å². The summed E-state index contributed by atoms with van der Waals surface area (Å²) in [6, 6.07) is 10.1. The maximum absolute atomic E-state index is 12.5. The minimum Gasteiger partial charge on any atom is -0.349 e. The van der Waals surface area contributed by atoms with Crippen LogP contribution in [0, 0.1) is 13.8 Å². The quantitative estimate of drug-likeness (QED) is 0.915. The smallest absolute Gasteiger partial charge is 0.255 e. The summed E-state index contributed by atoms with van der Waals surface area (Å²) in [6.07, 6.45) is 2.04. The van der Waals surface area contributed by atoms with E-state index in [-0.39, 0.29) is 11.9 Å². The molecule has 0 radical (unpaired) electrons. The number of para-hydroxylation sites is 1. The minimum atomic E-state index is -0.0341. The predicted molar refractivity (Wildman–Crippen MR) is 84.9 cm³/mol. The number of hydrogen-bond donors (Lipinski definition) is 1. The summed E-state index contributed by atoms with van der Waals surface area (Å²) in [7, 11) is 0. The third kappa shape index (κ3) is 3.32. The summed E-state index contributed by atoms with van der Waals surface area (Å²) >= 11 is 0. The van der Waals surface area contributed by atoms with Crippen LogP contribution in [-0.2, 0) is 0 Å². The summed E-state index contributed by atoms with van der Waals surface area (Å²) in [5.41, 5.74) is 3.29. The summed E-state index contributed by atoms with van der Waals surface area (Å²) in [5.74, 6) is -0.0341. The highest BCUT2D eigenvalue weighted by Crippen LogP contribution is 2.18. The first-order chi connectivity index (χ1) is 10.0. The molecule has 1 aromatic carbocycles. The van der Waals surface area contributed by atoms with Crippen molar-refractivity contribution in [2.75, 3.05) is 0 Å². The van der Waals surface area contributed by atoms with Crippen molar-refractivity contribution in [3.63, 3.8) is 0 Å². The Morgan fingerprint density at radius 1 is 1.29 bits per heavy atom. The molecule has 0 bridgehead atoms. The van der Waals surface area contributed by atoms with E-state index in [2.05, 4.69) is 17.3 Å². The molecule has 1 heterocycles. The molecule has 21 heavy (non-hydrogen) atoms. The number of hydrogen-bond acceptors (Lipinski definition) is 2. The second-order valence-corrected chi connectivity index (χ2v) is 5.46. The normalized spacial score (nSPS) is 12.2. The van der Waals surface area contributed by atoms with Gasteiger partial charge in [-0.1, -0.05) is 31.5 Å². The fraction of sp³-hybridized carbons (Fsp3) is 0.412. The van der Waals surface area contributed by atoms with Crippen molar-refractivity contribution in [1.82, 2.24) is 15.1 Å². The molecular weight excluding hydrogens is 262 g/mol. The van der Waals surface area contributed by atoms with Crippen LogP contribution in [0.15, 0.2) is 30.3 Å². The van der Waals surface area contributed by atoms with E-state index in [0.717, 1.165) is 29.9 Å². The Labute approximate surface area is 126 Å². The number of carbonyl (C=O) groups is 1. The van der Waals surface area contributed by atoms with Crippen molar-refractivity contribution < 1.29 is 4.79 Å². The summed E-state index contributed by atoms with van der Waals surface area (Å²) in [6.45, 7) is 7.97. The van der Waals surface area contributed by atoms with E-state index in [0.29, 0.717) is 5.56 Å². The van der Waals surface area contributed by atoms with Crippen LogP contribution in [0.25, 0.3) is 5.69 Å². The molecule has 4 heteroatoms. The molecule has 1 N–H and O–H groups in total. The van der Waals surface area contributed by atoms with Gasteiger partial charge in [0.1, 0.15) is 0 Å². The summed E-state index contributed by atoms with van der Waals surface area (Å²) in [5, 5.41) is 7.56. The van der Waals surface area contributed by atoms with Gasteiger partial charge in [0.25, 0.3) is 5.91 Å². The Morgan fingerprint density at radius 3 is 2.57 bits per heavy atom. The molecule has 0 aliphatic rings. The van der Waals surface area contributed by atoms with Gasteiger partial charge in [-0.25, -0.2) is 4.68 Å². The molecular formula is C17H23N3O. The molecule has 2 aromatic rings. The highest BCUT2D eigenvalue weighted by molar-refractivity contribution is 5.96. The zero-order valence-electron chi connectivity index (χ0n) is 13.2. The average Bonchev–Trinajstić information content (AvgIpc) is 2.75. The number of nitrogens with zero attached hydrogens (tertiary/aromatic N) is 2. The Balaban J connectivity index is 2.30. The monoisotopic (exact) mass is 285 g/mol. The second kappa shape index (κ2) is 6.57. The average molecular weight is 285 g/mol. The first-order valence-electron chi connectivity index (χ1n) is 7.47. The van der Waals surface area contributed by atoms with Crippen molar-refractivity contribution in [1.29, 1.82) is 0 Å². The molecule has 0 saturated carbocycles. The van der Waals surface area contributed by atoms with Crippen LogP contribution in [0.2, 0.25) is 0 Å². The van der Waals surface area contributed by atoms with E-state index in [4.69, 9.17) is 0 Å². The number of benzene rings is 1. The van der Waals surface area contributed by atoms with Crippen molar-refractivity contribution >= 4 is 5.91 Å². The highest BCUT2D eigenvalue weighted by Gasteiger charge is 2.20. The van der Waals surface area contributed by atoms with E-state index in [1.54, 1.807) is 0 Å². The lowest BCUT2D eigenvalue weighted by Crippen LogP contribution is -2.33. The third-order valence-corrected chi connectivity index (χ3v) is 3.62. The molecule has 112 valence electrons. The standard InChI is InChI=1S/C17H23N3O/c1-5-9-12(2)18-17(21)16-13(3)19-20(14(16)4)15-10-7-6-8-11-15/h6-8,10-12H,5,9H2,1-4H3,(H,18,21). The first kappa shape index (κ1) is 15.3. The van der Waals surface area contributed by atoms with Gasteiger partial charge in [-0.15, -0.1) is 0 Å². The molecule has 0 fully saturated rings. The number of nitrogens with one attached hydrogen (secondary N) is 1. The van der Waals surface area contributed by atoms with Crippen LogP contribution in [0.5, 0.6) is 0 Å². The molecule has 0 aliphatic heterocycles. The predicted octanol–water partition coefficient (Wildman–Crippen LogP) is 3.41. The number of aryl methyl sites for hydroxylation is 1. The minimum absolute atomic E-state index is 0.0341. The van der Waals surface area contributed by atoms with Crippen molar-refractivity contribution in [2.24, 2.45) is 0 Å². The Hall–Kier alpha value is -2.10. The topological polar surface area (TPSA) is 46.9 Å². The number of amides is 1. The fourth-order valence-corrected chi connectivity index (χ4v) is 2.59. The maximum Gasteiger partial charge on any atom is 0.255 e. The van der Waals surface area contributed by atoms with Crippen LogP contribution in [0.3, 0.4) is 0 Å². The van der Waals surface area contributed by atoms with Gasteiger partial charge in [-0.05, 0) is 39.3 Å². The van der Waals surface area contributed by atoms with Gasteiger partial charge in [-0.2, -0.15) is 5.10 Å². The maximum atomic E-state index is 12.5. The SMILES string of the molecule is CCCC(C)NC(=O)c1c(C)nn(-c2ccccc2)c1C. The number of carbonyl (C=O) groups excluding carboxylic acids is 1. The first-order valence-corrected chi connectivity index (χ1v) is 7.47. The van der Waals surface area contributed by atoms with E-state index < -0.39 is 0 Å². The zero-order valence-corrected chi connectivity index (χ0v) is 13.2. The lowest BCUT2D eigenvalue weighted by atomic mass is 10.1. The fourth-order valence-electron chi connectivity index (χ4n) is 2.59. The summed E-state index contributed by atoms with van der Waals surface area (Å²) in [4.78, 5) is 12.5. The second-order valence-electron chi connectivity index (χ2n) is 5.46. The van der Waals surface area contributed by atoms with E-state index in [9.17, 15) is 4.79 Å². The van der Waals surface area contributed by atoms with Gasteiger partial charge in [0, 0.05) is 6.04 Å². The molecule has 0 spiro atoms. The van der Waals surface area contributed by atoms with E-state index in [1.807, 2.05) is 55.8 Å². The molecule has 0 aliphatic carbocycles. The number of aromatic nitrogens is 2. The third-order valence-electron chi connectivity index (χ3n) is 3.62. The van der Waals surface area contributed by atoms with Gasteiger partial charge in [0.05, 0.1) is 22.6 Å². The van der Waals surface area contributed by atoms with E-state index in [1.165, 1.54) is 0 Å². The molecule has 1 atom stereocenters. The molecule has 0 saturated heterocycles. The largest absolute Gasteiger partial charge is 0.349 e. The van der Waals surface area contributed by atoms with Gasteiger partial charge in [-0.3, -0.25) is 4.79 Å². The molecule has 4 nitrogen and oxygen atoms in total. The number of rotatable bonds is 5. The van der Waals surface area contributed by atoms with Crippen molar-refractivity contribution in [2.45, 2.75) is 46.6 Å². The van der Waals surface area contributed by atoms with Crippen LogP contribution in [0.4, 0.5) is 0 Å². The Morgan fingerprint density at radius 2 is 1.95 bits per heavy atom. The van der Waals surface area contributed by atoms with Gasteiger partial charge < -0.3 is 5.32 Å². The lowest BCUT2D eigenvalue weighted by molar-refractivity contribution is 0.0937.